The maximum Gasteiger partial charge on any atom is 0.271 e. The number of aromatic nitrogens is 2. The van der Waals surface area contributed by atoms with Crippen LogP contribution in [0, 0.1) is 30.0 Å². The van der Waals surface area contributed by atoms with E-state index in [-0.39, 0.29) is 28.9 Å². The molecule has 30 heavy (non-hydrogen) atoms. The predicted octanol–water partition coefficient (Wildman–Crippen LogP) is 4.29. The van der Waals surface area contributed by atoms with Crippen molar-refractivity contribution in [3.8, 4) is 6.07 Å². The number of piperidine rings is 1. The van der Waals surface area contributed by atoms with Gasteiger partial charge in [0.05, 0.1) is 16.4 Å². The van der Waals surface area contributed by atoms with Gasteiger partial charge in [-0.3, -0.25) is 4.79 Å². The van der Waals surface area contributed by atoms with E-state index in [4.69, 9.17) is 11.6 Å². The van der Waals surface area contributed by atoms with Crippen LogP contribution in [0.15, 0.2) is 23.0 Å². The predicted molar refractivity (Wildman–Crippen MR) is 119 cm³/mol. The molecule has 0 amide bonds. The van der Waals surface area contributed by atoms with Gasteiger partial charge in [-0.25, -0.2) is 9.37 Å². The van der Waals surface area contributed by atoms with Crippen molar-refractivity contribution in [3.05, 3.63) is 50.0 Å². The smallest absolute Gasteiger partial charge is 0.271 e. The summed E-state index contributed by atoms with van der Waals surface area (Å²) in [5.41, 5.74) is 1.55. The van der Waals surface area contributed by atoms with E-state index in [1.54, 1.807) is 19.2 Å². The highest BCUT2D eigenvalue weighted by Gasteiger charge is 2.31. The summed E-state index contributed by atoms with van der Waals surface area (Å²) in [6, 6.07) is 6.75. The fourth-order valence-electron chi connectivity index (χ4n) is 4.06. The van der Waals surface area contributed by atoms with Crippen molar-refractivity contribution in [1.82, 2.24) is 9.55 Å². The van der Waals surface area contributed by atoms with Gasteiger partial charge in [-0.05, 0) is 37.5 Å². The molecule has 0 saturated carbocycles. The molecule has 1 N–H and O–H groups in total. The lowest BCUT2D eigenvalue weighted by Crippen LogP contribution is -2.46. The summed E-state index contributed by atoms with van der Waals surface area (Å²) in [7, 11) is 1.67. The molecule has 4 rings (SSSR count). The minimum absolute atomic E-state index is 0.0571. The van der Waals surface area contributed by atoms with Crippen LogP contribution in [-0.2, 0) is 7.05 Å². The molecule has 1 aliphatic rings. The van der Waals surface area contributed by atoms with Crippen LogP contribution >= 0.6 is 22.9 Å². The van der Waals surface area contributed by atoms with E-state index >= 15 is 0 Å². The van der Waals surface area contributed by atoms with Crippen molar-refractivity contribution in [2.75, 3.05) is 23.3 Å². The lowest BCUT2D eigenvalue weighted by atomic mass is 9.92. The molecule has 2 aromatic heterocycles. The van der Waals surface area contributed by atoms with Crippen LogP contribution in [-0.4, -0.2) is 28.7 Å². The second-order valence-corrected chi connectivity index (χ2v) is 9.29. The number of nitrogens with one attached hydrogen (secondary N) is 1. The Bertz CT molecular complexity index is 1230. The molecular formula is C21H21ClFN5OS. The molecule has 3 heterocycles. The highest BCUT2D eigenvalue weighted by atomic mass is 35.5. The van der Waals surface area contributed by atoms with Crippen molar-refractivity contribution < 1.29 is 4.39 Å². The first-order chi connectivity index (χ1) is 14.3. The van der Waals surface area contributed by atoms with Crippen LogP contribution < -0.4 is 15.8 Å². The van der Waals surface area contributed by atoms with Gasteiger partial charge in [0.15, 0.2) is 0 Å². The molecule has 1 aromatic carbocycles. The summed E-state index contributed by atoms with van der Waals surface area (Å²) in [6.07, 6.45) is 0.730. The normalized spacial score (nSPS) is 19.1. The van der Waals surface area contributed by atoms with Gasteiger partial charge < -0.3 is 14.8 Å². The maximum absolute atomic E-state index is 14.2. The second-order valence-electron chi connectivity index (χ2n) is 7.67. The molecular weight excluding hydrogens is 425 g/mol. The van der Waals surface area contributed by atoms with E-state index in [0.717, 1.165) is 16.3 Å². The van der Waals surface area contributed by atoms with E-state index in [1.807, 2.05) is 6.92 Å². The first-order valence-electron chi connectivity index (χ1n) is 9.67. The number of nitrogens with zero attached hydrogens (tertiary/aromatic N) is 4. The Balaban J connectivity index is 1.65. The Kier molecular flexibility index (Phi) is 5.43. The van der Waals surface area contributed by atoms with Gasteiger partial charge in [-0.15, -0.1) is 11.3 Å². The summed E-state index contributed by atoms with van der Waals surface area (Å²) in [5.74, 6) is -0.227. The summed E-state index contributed by atoms with van der Waals surface area (Å²) >= 11 is 7.29. The SMILES string of the molecule is Cc1nc2c(N3CC[C@@H](Nc4ccc(Cl)cc4F)[C@H](C)C3)c(C#N)c(=O)n(C)c2s1. The van der Waals surface area contributed by atoms with E-state index in [9.17, 15) is 14.4 Å². The van der Waals surface area contributed by atoms with Crippen molar-refractivity contribution in [2.45, 2.75) is 26.3 Å². The molecule has 0 aliphatic carbocycles. The summed E-state index contributed by atoms with van der Waals surface area (Å²) in [6.45, 7) is 5.23. The van der Waals surface area contributed by atoms with Crippen molar-refractivity contribution in [1.29, 1.82) is 5.26 Å². The standard InChI is InChI=1S/C21H21ClFN5OS/c1-11-10-28(7-6-16(11)26-17-5-4-13(22)8-15(17)23)19-14(9-24)20(29)27(3)21-18(19)25-12(2)30-21/h4-5,8,11,16,26H,6-7,10H2,1-3H3/t11-,16-/m1/s1. The molecule has 2 atom stereocenters. The van der Waals surface area contributed by atoms with Gasteiger partial charge in [0.25, 0.3) is 5.56 Å². The zero-order valence-corrected chi connectivity index (χ0v) is 18.4. The Labute approximate surface area is 182 Å². The summed E-state index contributed by atoms with van der Waals surface area (Å²) in [4.78, 5) is 20.2. The fraction of sp³-hybridized carbons (Fsp3) is 0.381. The van der Waals surface area contributed by atoms with Gasteiger partial charge in [0.1, 0.15) is 27.8 Å². The number of fused-ring (bicyclic) bond motifs is 1. The third kappa shape index (κ3) is 3.53. The van der Waals surface area contributed by atoms with Crippen LogP contribution in [0.2, 0.25) is 5.02 Å². The third-order valence-electron chi connectivity index (χ3n) is 5.61. The number of benzene rings is 1. The Morgan fingerprint density at radius 3 is 2.87 bits per heavy atom. The molecule has 1 fully saturated rings. The molecule has 0 unspecified atom stereocenters. The quantitative estimate of drug-likeness (QED) is 0.650. The van der Waals surface area contributed by atoms with Crippen molar-refractivity contribution in [3.63, 3.8) is 0 Å². The van der Waals surface area contributed by atoms with E-state index < -0.39 is 0 Å². The number of rotatable bonds is 3. The average molecular weight is 446 g/mol. The minimum atomic E-state index is -0.380. The van der Waals surface area contributed by atoms with E-state index in [0.29, 0.717) is 35.0 Å². The number of pyridine rings is 1. The number of aryl methyl sites for hydroxylation is 2. The second kappa shape index (κ2) is 7.89. The topological polar surface area (TPSA) is 74.0 Å². The molecule has 1 saturated heterocycles. The molecule has 1 aliphatic heterocycles. The van der Waals surface area contributed by atoms with Gasteiger partial charge in [0, 0.05) is 31.2 Å². The number of hydrogen-bond donors (Lipinski definition) is 1. The van der Waals surface area contributed by atoms with Gasteiger partial charge >= 0.3 is 0 Å². The summed E-state index contributed by atoms with van der Waals surface area (Å²) < 4.78 is 15.7. The molecule has 3 aromatic rings. The third-order valence-corrected chi connectivity index (χ3v) is 6.89. The van der Waals surface area contributed by atoms with E-state index in [2.05, 4.69) is 28.2 Å². The number of hydrogen-bond acceptors (Lipinski definition) is 6. The number of anilines is 2. The Morgan fingerprint density at radius 1 is 1.43 bits per heavy atom. The highest BCUT2D eigenvalue weighted by Crippen LogP contribution is 2.34. The molecule has 156 valence electrons. The first kappa shape index (κ1) is 20.6. The van der Waals surface area contributed by atoms with Crippen LogP contribution in [0.5, 0.6) is 0 Å². The van der Waals surface area contributed by atoms with Crippen LogP contribution in [0.25, 0.3) is 10.3 Å². The Hall–Kier alpha value is -2.63. The fourth-order valence-corrected chi connectivity index (χ4v) is 5.09. The largest absolute Gasteiger partial charge is 0.380 e. The first-order valence-corrected chi connectivity index (χ1v) is 10.9. The maximum atomic E-state index is 14.2. The van der Waals surface area contributed by atoms with Crippen molar-refractivity contribution in [2.24, 2.45) is 13.0 Å². The van der Waals surface area contributed by atoms with Crippen LogP contribution in [0.4, 0.5) is 15.8 Å². The zero-order chi connectivity index (χ0) is 21.6. The number of halogens is 2. The van der Waals surface area contributed by atoms with E-state index in [1.165, 1.54) is 22.0 Å². The zero-order valence-electron chi connectivity index (χ0n) is 16.9. The number of thiazole rings is 1. The van der Waals surface area contributed by atoms with Crippen LogP contribution in [0.1, 0.15) is 23.9 Å². The van der Waals surface area contributed by atoms with Gasteiger partial charge in [0.2, 0.25) is 0 Å². The molecule has 6 nitrogen and oxygen atoms in total. The van der Waals surface area contributed by atoms with Crippen molar-refractivity contribution >= 4 is 44.7 Å². The molecule has 9 heteroatoms. The monoisotopic (exact) mass is 445 g/mol. The molecule has 0 bridgehead atoms. The van der Waals surface area contributed by atoms with Gasteiger partial charge in [-0.2, -0.15) is 5.26 Å². The molecule has 0 spiro atoms. The molecule has 0 radical (unpaired) electrons. The average Bonchev–Trinajstić information content (AvgIpc) is 3.09. The summed E-state index contributed by atoms with van der Waals surface area (Å²) in [5, 5.41) is 14.2. The number of nitriles is 1. The highest BCUT2D eigenvalue weighted by molar-refractivity contribution is 7.18. The lowest BCUT2D eigenvalue weighted by Gasteiger charge is -2.39. The van der Waals surface area contributed by atoms with Crippen LogP contribution in [0.3, 0.4) is 0 Å². The Morgan fingerprint density at radius 2 is 2.20 bits per heavy atom. The van der Waals surface area contributed by atoms with Gasteiger partial charge in [-0.1, -0.05) is 18.5 Å². The lowest BCUT2D eigenvalue weighted by molar-refractivity contribution is 0.403. The minimum Gasteiger partial charge on any atom is -0.380 e.